The minimum atomic E-state index is -0.0731. The van der Waals surface area contributed by atoms with E-state index in [1.165, 1.54) is 11.0 Å². The summed E-state index contributed by atoms with van der Waals surface area (Å²) >= 11 is 6.08. The van der Waals surface area contributed by atoms with Crippen molar-refractivity contribution in [2.45, 2.75) is 12.8 Å². The van der Waals surface area contributed by atoms with E-state index in [0.29, 0.717) is 17.1 Å². The van der Waals surface area contributed by atoms with Crippen LogP contribution in [0.15, 0.2) is 24.5 Å². The first-order valence-electron chi connectivity index (χ1n) is 6.18. The highest BCUT2D eigenvalue weighted by Crippen LogP contribution is 2.24. The third kappa shape index (κ3) is 3.75. The molecule has 0 spiro atoms. The molecule has 1 aromatic heterocycles. The number of nitrogens with one attached hydrogen (secondary N) is 2. The Balaban J connectivity index is 2.07. The smallest absolute Gasteiger partial charge is 0.224 e. The van der Waals surface area contributed by atoms with Crippen molar-refractivity contribution in [1.82, 2.24) is 25.5 Å². The van der Waals surface area contributed by atoms with Gasteiger partial charge in [0.1, 0.15) is 6.33 Å². The summed E-state index contributed by atoms with van der Waals surface area (Å²) in [6.45, 7) is 0.797. The van der Waals surface area contributed by atoms with Gasteiger partial charge in [-0.2, -0.15) is 0 Å². The van der Waals surface area contributed by atoms with Crippen molar-refractivity contribution in [3.63, 3.8) is 0 Å². The Labute approximate surface area is 121 Å². The summed E-state index contributed by atoms with van der Waals surface area (Å²) in [4.78, 5) is 11.8. The maximum atomic E-state index is 11.8. The summed E-state index contributed by atoms with van der Waals surface area (Å²) in [5, 5.41) is 17.2. The molecule has 0 saturated heterocycles. The van der Waals surface area contributed by atoms with E-state index >= 15 is 0 Å². The van der Waals surface area contributed by atoms with Crippen LogP contribution in [0.25, 0.3) is 5.69 Å². The Morgan fingerprint density at radius 3 is 3.00 bits per heavy atom. The fourth-order valence-corrected chi connectivity index (χ4v) is 1.83. The molecule has 2 rings (SSSR count). The summed E-state index contributed by atoms with van der Waals surface area (Å²) in [7, 11) is 1.85. The van der Waals surface area contributed by atoms with Crippen LogP contribution in [0, 0.1) is 0 Å². The molecule has 0 unspecified atom stereocenters. The van der Waals surface area contributed by atoms with Crippen molar-refractivity contribution in [2.75, 3.05) is 18.9 Å². The second kappa shape index (κ2) is 6.97. The molecule has 0 saturated carbocycles. The zero-order chi connectivity index (χ0) is 14.4. The number of benzene rings is 1. The van der Waals surface area contributed by atoms with E-state index in [1.807, 2.05) is 7.05 Å². The average Bonchev–Trinajstić information content (AvgIpc) is 2.95. The SMILES string of the molecule is CNCCCC(=O)Nc1cc(-n2cnnn2)ccc1Cl. The molecule has 0 aliphatic heterocycles. The first-order chi connectivity index (χ1) is 9.70. The van der Waals surface area contributed by atoms with Crippen LogP contribution in [0.5, 0.6) is 0 Å². The van der Waals surface area contributed by atoms with Crippen LogP contribution in [-0.2, 0) is 4.79 Å². The predicted octanol–water partition coefficient (Wildman–Crippen LogP) is 1.25. The second-order valence-corrected chi connectivity index (χ2v) is 4.58. The number of rotatable bonds is 6. The summed E-state index contributed by atoms with van der Waals surface area (Å²) in [5.74, 6) is -0.0731. The lowest BCUT2D eigenvalue weighted by molar-refractivity contribution is -0.116. The van der Waals surface area contributed by atoms with E-state index in [9.17, 15) is 4.79 Å². The van der Waals surface area contributed by atoms with Crippen molar-refractivity contribution in [3.8, 4) is 5.69 Å². The van der Waals surface area contributed by atoms with Gasteiger partial charge in [0.15, 0.2) is 0 Å². The highest BCUT2D eigenvalue weighted by molar-refractivity contribution is 6.33. The van der Waals surface area contributed by atoms with E-state index in [4.69, 9.17) is 11.6 Å². The molecule has 8 heteroatoms. The Bertz CT molecular complexity index is 571. The van der Waals surface area contributed by atoms with E-state index in [-0.39, 0.29) is 5.91 Å². The molecule has 106 valence electrons. The third-order valence-electron chi connectivity index (χ3n) is 2.67. The maximum absolute atomic E-state index is 11.8. The zero-order valence-corrected chi connectivity index (χ0v) is 11.8. The molecule has 2 N–H and O–H groups in total. The van der Waals surface area contributed by atoms with E-state index in [2.05, 4.69) is 26.2 Å². The van der Waals surface area contributed by atoms with Crippen LogP contribution >= 0.6 is 11.6 Å². The number of carbonyl (C=O) groups is 1. The molecule has 1 aromatic carbocycles. The number of nitrogens with zero attached hydrogens (tertiary/aromatic N) is 4. The molecular formula is C12H15ClN6O. The number of amides is 1. The molecule has 0 atom stereocenters. The molecule has 1 heterocycles. The fraction of sp³-hybridized carbons (Fsp3) is 0.333. The van der Waals surface area contributed by atoms with Gasteiger partial charge in [0, 0.05) is 6.42 Å². The fourth-order valence-electron chi connectivity index (χ4n) is 1.67. The van der Waals surface area contributed by atoms with Gasteiger partial charge in [0.05, 0.1) is 16.4 Å². The van der Waals surface area contributed by atoms with Gasteiger partial charge in [-0.3, -0.25) is 4.79 Å². The van der Waals surface area contributed by atoms with Gasteiger partial charge in [0.2, 0.25) is 5.91 Å². The first-order valence-corrected chi connectivity index (χ1v) is 6.56. The van der Waals surface area contributed by atoms with Crippen LogP contribution in [0.2, 0.25) is 5.02 Å². The number of halogens is 1. The lowest BCUT2D eigenvalue weighted by Crippen LogP contribution is -2.15. The molecule has 0 aliphatic rings. The highest BCUT2D eigenvalue weighted by Gasteiger charge is 2.08. The van der Waals surface area contributed by atoms with Gasteiger partial charge < -0.3 is 10.6 Å². The van der Waals surface area contributed by atoms with Crippen LogP contribution in [-0.4, -0.2) is 39.7 Å². The summed E-state index contributed by atoms with van der Waals surface area (Å²) < 4.78 is 1.49. The highest BCUT2D eigenvalue weighted by atomic mass is 35.5. The Morgan fingerprint density at radius 2 is 2.30 bits per heavy atom. The van der Waals surface area contributed by atoms with Gasteiger partial charge in [-0.1, -0.05) is 11.6 Å². The average molecular weight is 295 g/mol. The summed E-state index contributed by atoms with van der Waals surface area (Å²) in [6.07, 6.45) is 2.68. The van der Waals surface area contributed by atoms with Gasteiger partial charge in [-0.15, -0.1) is 5.10 Å². The largest absolute Gasteiger partial charge is 0.325 e. The van der Waals surface area contributed by atoms with E-state index in [0.717, 1.165) is 18.7 Å². The van der Waals surface area contributed by atoms with Crippen LogP contribution in [0.1, 0.15) is 12.8 Å². The van der Waals surface area contributed by atoms with Crippen LogP contribution < -0.4 is 10.6 Å². The minimum absolute atomic E-state index is 0.0731. The lowest BCUT2D eigenvalue weighted by Gasteiger charge is -2.09. The molecule has 7 nitrogen and oxygen atoms in total. The van der Waals surface area contributed by atoms with Crippen molar-refractivity contribution in [3.05, 3.63) is 29.5 Å². The molecular weight excluding hydrogens is 280 g/mol. The Morgan fingerprint density at radius 1 is 1.45 bits per heavy atom. The molecule has 20 heavy (non-hydrogen) atoms. The molecule has 0 radical (unpaired) electrons. The standard InChI is InChI=1S/C12H15ClN6O/c1-14-6-2-3-12(20)16-11-7-9(4-5-10(11)13)19-8-15-17-18-19/h4-5,7-8,14H,2-3,6H2,1H3,(H,16,20). The molecule has 0 aliphatic carbocycles. The third-order valence-corrected chi connectivity index (χ3v) is 3.00. The quantitative estimate of drug-likeness (QED) is 0.783. The zero-order valence-electron chi connectivity index (χ0n) is 11.0. The monoisotopic (exact) mass is 294 g/mol. The number of hydrogen-bond donors (Lipinski definition) is 2. The van der Waals surface area contributed by atoms with Crippen molar-refractivity contribution in [2.24, 2.45) is 0 Å². The van der Waals surface area contributed by atoms with Crippen LogP contribution in [0.3, 0.4) is 0 Å². The minimum Gasteiger partial charge on any atom is -0.325 e. The number of anilines is 1. The molecule has 1 amide bonds. The predicted molar refractivity (Wildman–Crippen MR) is 76.0 cm³/mol. The number of aromatic nitrogens is 4. The molecule has 0 fully saturated rings. The summed E-state index contributed by atoms with van der Waals surface area (Å²) in [5.41, 5.74) is 1.28. The first kappa shape index (κ1) is 14.4. The van der Waals surface area contributed by atoms with Gasteiger partial charge in [0.25, 0.3) is 0 Å². The second-order valence-electron chi connectivity index (χ2n) is 4.17. The number of tetrazole rings is 1. The van der Waals surface area contributed by atoms with Gasteiger partial charge >= 0.3 is 0 Å². The van der Waals surface area contributed by atoms with E-state index < -0.39 is 0 Å². The van der Waals surface area contributed by atoms with Gasteiger partial charge in [-0.05, 0) is 48.6 Å². The molecule has 0 bridgehead atoms. The van der Waals surface area contributed by atoms with Gasteiger partial charge in [-0.25, -0.2) is 4.68 Å². The number of carbonyl (C=O) groups excluding carboxylic acids is 1. The molecule has 2 aromatic rings. The number of hydrogen-bond acceptors (Lipinski definition) is 5. The van der Waals surface area contributed by atoms with Crippen LogP contribution in [0.4, 0.5) is 5.69 Å². The lowest BCUT2D eigenvalue weighted by atomic mass is 10.2. The Kier molecular flexibility index (Phi) is 5.03. The van der Waals surface area contributed by atoms with Crippen molar-refractivity contribution < 1.29 is 4.79 Å². The Hall–Kier alpha value is -1.99. The van der Waals surface area contributed by atoms with E-state index in [1.54, 1.807) is 18.2 Å². The van der Waals surface area contributed by atoms with Crippen molar-refractivity contribution in [1.29, 1.82) is 0 Å². The normalized spacial score (nSPS) is 10.5. The maximum Gasteiger partial charge on any atom is 0.224 e. The topological polar surface area (TPSA) is 84.7 Å². The van der Waals surface area contributed by atoms with Crippen molar-refractivity contribution >= 4 is 23.2 Å². The summed E-state index contributed by atoms with van der Waals surface area (Å²) in [6, 6.07) is 5.20.